The number of carbonyl (C=O) groups excluding carboxylic acids is 2. The van der Waals surface area contributed by atoms with Crippen molar-refractivity contribution in [3.8, 4) is 16.9 Å². The van der Waals surface area contributed by atoms with E-state index in [2.05, 4.69) is 24.3 Å². The molecule has 2 aliphatic rings. The van der Waals surface area contributed by atoms with E-state index in [4.69, 9.17) is 16.2 Å². The second-order valence-corrected chi connectivity index (χ2v) is 10.5. The Labute approximate surface area is 218 Å². The molecule has 0 bridgehead atoms. The van der Waals surface area contributed by atoms with Crippen LogP contribution in [0.15, 0.2) is 72.8 Å². The number of rotatable bonds is 6. The first-order valence-corrected chi connectivity index (χ1v) is 13.2. The van der Waals surface area contributed by atoms with Gasteiger partial charge in [-0.2, -0.15) is 0 Å². The summed E-state index contributed by atoms with van der Waals surface area (Å²) < 4.78 is 6.15. The van der Waals surface area contributed by atoms with Crippen LogP contribution in [-0.4, -0.2) is 24.5 Å². The average molecular weight is 498 g/mol. The summed E-state index contributed by atoms with van der Waals surface area (Å²) in [6.07, 6.45) is 4.67. The zero-order valence-corrected chi connectivity index (χ0v) is 21.3. The number of carbonyl (C=O) groups is 2. The molecule has 4 N–H and O–H groups in total. The van der Waals surface area contributed by atoms with E-state index in [1.54, 1.807) is 4.90 Å². The minimum atomic E-state index is -0.725. The summed E-state index contributed by atoms with van der Waals surface area (Å²) in [5.41, 5.74) is 16.8. The Bertz CT molecular complexity index is 1250. The lowest BCUT2D eigenvalue weighted by Crippen LogP contribution is -2.46. The Balaban J connectivity index is 1.31. The third kappa shape index (κ3) is 5.54. The van der Waals surface area contributed by atoms with E-state index in [1.165, 1.54) is 5.56 Å². The van der Waals surface area contributed by atoms with Gasteiger partial charge < -0.3 is 21.1 Å². The molecule has 6 nitrogen and oxygen atoms in total. The van der Waals surface area contributed by atoms with Crippen molar-refractivity contribution in [2.75, 3.05) is 11.4 Å². The third-order valence-corrected chi connectivity index (χ3v) is 7.76. The number of hydrogen-bond donors (Lipinski definition) is 2. The molecule has 0 radical (unpaired) electrons. The normalized spacial score (nSPS) is 22.0. The molecule has 2 amide bonds. The summed E-state index contributed by atoms with van der Waals surface area (Å²) in [4.78, 5) is 26.3. The summed E-state index contributed by atoms with van der Waals surface area (Å²) in [7, 11) is 0. The van der Waals surface area contributed by atoms with Gasteiger partial charge in [0.25, 0.3) is 0 Å². The number of anilines is 1. The Hall–Kier alpha value is -3.64. The quantitative estimate of drug-likeness (QED) is 0.482. The van der Waals surface area contributed by atoms with Gasteiger partial charge in [-0.25, -0.2) is 0 Å². The topological polar surface area (TPSA) is 98.6 Å². The molecule has 6 heteroatoms. The SMILES string of the molecule is CC1CN(C(=O)[C@@H](N)c2ccccc2)c2ccc(-c3ccc([C@H]4CC[C@H](CC(N)=O)CC4)cc3)cc2O1. The fourth-order valence-corrected chi connectivity index (χ4v) is 5.73. The predicted molar refractivity (Wildman–Crippen MR) is 146 cm³/mol. The Morgan fingerprint density at radius 3 is 2.30 bits per heavy atom. The van der Waals surface area contributed by atoms with Gasteiger partial charge in [0.2, 0.25) is 11.8 Å². The summed E-state index contributed by atoms with van der Waals surface area (Å²) in [5.74, 6) is 1.33. The number of hydrogen-bond acceptors (Lipinski definition) is 4. The van der Waals surface area contributed by atoms with Crippen molar-refractivity contribution >= 4 is 17.5 Å². The Kier molecular flexibility index (Phi) is 7.28. The van der Waals surface area contributed by atoms with Gasteiger partial charge in [-0.05, 0) is 78.8 Å². The van der Waals surface area contributed by atoms with Crippen LogP contribution in [0, 0.1) is 5.92 Å². The van der Waals surface area contributed by atoms with E-state index in [0.717, 1.165) is 48.1 Å². The fourth-order valence-electron chi connectivity index (χ4n) is 5.73. The van der Waals surface area contributed by atoms with Crippen molar-refractivity contribution in [1.82, 2.24) is 0 Å². The van der Waals surface area contributed by atoms with Gasteiger partial charge in [0.15, 0.2) is 0 Å². The van der Waals surface area contributed by atoms with E-state index >= 15 is 0 Å². The second-order valence-electron chi connectivity index (χ2n) is 10.5. The molecular formula is C31H35N3O3. The molecule has 37 heavy (non-hydrogen) atoms. The van der Waals surface area contributed by atoms with Crippen LogP contribution < -0.4 is 21.1 Å². The minimum absolute atomic E-state index is 0.134. The maximum atomic E-state index is 13.3. The van der Waals surface area contributed by atoms with E-state index in [9.17, 15) is 9.59 Å². The van der Waals surface area contributed by atoms with Crippen LogP contribution in [0.4, 0.5) is 5.69 Å². The molecule has 3 aromatic carbocycles. The first-order valence-electron chi connectivity index (χ1n) is 13.2. The fraction of sp³-hybridized carbons (Fsp3) is 0.355. The number of primary amides is 1. The predicted octanol–water partition coefficient (Wildman–Crippen LogP) is 5.32. The molecule has 0 aromatic heterocycles. The molecule has 1 fully saturated rings. The average Bonchev–Trinajstić information content (AvgIpc) is 2.92. The first kappa shape index (κ1) is 25.0. The third-order valence-electron chi connectivity index (χ3n) is 7.76. The lowest BCUT2D eigenvalue weighted by molar-refractivity contribution is -0.120. The van der Waals surface area contributed by atoms with Crippen molar-refractivity contribution in [3.05, 3.63) is 83.9 Å². The number of ether oxygens (including phenoxy) is 1. The van der Waals surface area contributed by atoms with Gasteiger partial charge in [-0.15, -0.1) is 0 Å². The van der Waals surface area contributed by atoms with Crippen molar-refractivity contribution in [2.45, 2.75) is 57.1 Å². The maximum absolute atomic E-state index is 13.3. The van der Waals surface area contributed by atoms with E-state index in [0.29, 0.717) is 30.6 Å². The molecular weight excluding hydrogens is 462 g/mol. The van der Waals surface area contributed by atoms with Crippen LogP contribution in [0.2, 0.25) is 0 Å². The molecule has 1 aliphatic carbocycles. The van der Waals surface area contributed by atoms with E-state index in [-0.39, 0.29) is 17.9 Å². The first-order chi connectivity index (χ1) is 17.9. The lowest BCUT2D eigenvalue weighted by atomic mass is 9.77. The summed E-state index contributed by atoms with van der Waals surface area (Å²) in [6, 6.07) is 23.5. The maximum Gasteiger partial charge on any atom is 0.248 e. The number of nitrogens with two attached hydrogens (primary N) is 2. The van der Waals surface area contributed by atoms with E-state index in [1.807, 2.05) is 55.5 Å². The molecule has 1 unspecified atom stereocenters. The highest BCUT2D eigenvalue weighted by atomic mass is 16.5. The molecule has 5 rings (SSSR count). The van der Waals surface area contributed by atoms with E-state index < -0.39 is 6.04 Å². The molecule has 0 spiro atoms. The Morgan fingerprint density at radius 1 is 0.946 bits per heavy atom. The van der Waals surface area contributed by atoms with Crippen LogP contribution in [-0.2, 0) is 9.59 Å². The molecule has 192 valence electrons. The second kappa shape index (κ2) is 10.8. The highest BCUT2D eigenvalue weighted by Crippen LogP contribution is 2.40. The van der Waals surface area contributed by atoms with Gasteiger partial charge in [-0.3, -0.25) is 9.59 Å². The number of nitrogens with zero attached hydrogens (tertiary/aromatic N) is 1. The number of amides is 2. The highest BCUT2D eigenvalue weighted by Gasteiger charge is 2.31. The van der Waals surface area contributed by atoms with Gasteiger partial charge in [0.05, 0.1) is 12.2 Å². The van der Waals surface area contributed by atoms with Gasteiger partial charge in [-0.1, -0.05) is 60.7 Å². The minimum Gasteiger partial charge on any atom is -0.487 e. The molecule has 0 saturated heterocycles. The van der Waals surface area contributed by atoms with Gasteiger partial charge >= 0.3 is 0 Å². The van der Waals surface area contributed by atoms with Crippen LogP contribution in [0.5, 0.6) is 5.75 Å². The van der Waals surface area contributed by atoms with Crippen molar-refractivity contribution in [2.24, 2.45) is 17.4 Å². The van der Waals surface area contributed by atoms with Crippen LogP contribution >= 0.6 is 0 Å². The van der Waals surface area contributed by atoms with Gasteiger partial charge in [0, 0.05) is 6.42 Å². The number of benzene rings is 3. The summed E-state index contributed by atoms with van der Waals surface area (Å²) in [6.45, 7) is 2.43. The number of fused-ring (bicyclic) bond motifs is 1. The zero-order valence-electron chi connectivity index (χ0n) is 21.3. The van der Waals surface area contributed by atoms with Crippen molar-refractivity contribution in [3.63, 3.8) is 0 Å². The lowest BCUT2D eigenvalue weighted by Gasteiger charge is -2.35. The summed E-state index contributed by atoms with van der Waals surface area (Å²) >= 11 is 0. The Morgan fingerprint density at radius 2 is 1.62 bits per heavy atom. The largest absolute Gasteiger partial charge is 0.487 e. The van der Waals surface area contributed by atoms with Crippen molar-refractivity contribution < 1.29 is 14.3 Å². The van der Waals surface area contributed by atoms with Crippen LogP contribution in [0.3, 0.4) is 0 Å². The van der Waals surface area contributed by atoms with Crippen molar-refractivity contribution in [1.29, 1.82) is 0 Å². The zero-order chi connectivity index (χ0) is 25.9. The molecule has 2 atom stereocenters. The highest BCUT2D eigenvalue weighted by molar-refractivity contribution is 5.99. The summed E-state index contributed by atoms with van der Waals surface area (Å²) in [5, 5.41) is 0. The van der Waals surface area contributed by atoms with Gasteiger partial charge in [0.1, 0.15) is 17.9 Å². The molecule has 1 heterocycles. The molecule has 1 aliphatic heterocycles. The van der Waals surface area contributed by atoms with Crippen LogP contribution in [0.1, 0.15) is 62.1 Å². The monoisotopic (exact) mass is 497 g/mol. The van der Waals surface area contributed by atoms with Crippen LogP contribution in [0.25, 0.3) is 11.1 Å². The standard InChI is InChI=1S/C31H35N3O3/c1-20-19-34(31(36)30(33)25-5-3-2-4-6-25)27-16-15-26(18-28(27)37-20)24-13-11-23(12-14-24)22-9-7-21(8-10-22)17-29(32)35/h2-6,11-16,18,20-22,30H,7-10,17,19,33H2,1H3,(H2,32,35)/t20?,21-,22-,30-/m0/s1. The molecule has 1 saturated carbocycles. The molecule has 3 aromatic rings. The smallest absolute Gasteiger partial charge is 0.248 e.